The molecule has 0 spiro atoms. The number of benzene rings is 1. The van der Waals surface area contributed by atoms with Gasteiger partial charge in [0.15, 0.2) is 11.6 Å². The number of nitrogens with one attached hydrogen (secondary N) is 1. The Morgan fingerprint density at radius 2 is 1.86 bits per heavy atom. The molecule has 0 bridgehead atoms. The summed E-state index contributed by atoms with van der Waals surface area (Å²) in [5.41, 5.74) is 0.463. The van der Waals surface area contributed by atoms with Crippen LogP contribution in [0.15, 0.2) is 48.2 Å². The van der Waals surface area contributed by atoms with Crippen LogP contribution in [0.2, 0.25) is 0 Å². The normalized spacial score (nSPS) is 18.0. The number of phenolic OH excluding ortho intramolecular Hbond substituents is 1. The summed E-state index contributed by atoms with van der Waals surface area (Å²) in [7, 11) is -4.62. The van der Waals surface area contributed by atoms with Crippen LogP contribution in [-0.2, 0) is 20.6 Å². The summed E-state index contributed by atoms with van der Waals surface area (Å²) in [4.78, 5) is 42.1. The summed E-state index contributed by atoms with van der Waals surface area (Å²) in [5, 5.41) is 11.1. The van der Waals surface area contributed by atoms with Gasteiger partial charge >= 0.3 is 7.75 Å². The largest absolute Gasteiger partial charge is 0.508 e. The number of aromatic hydroxyl groups is 1. The zero-order valence-corrected chi connectivity index (χ0v) is 12.2. The van der Waals surface area contributed by atoms with Gasteiger partial charge in [0.05, 0.1) is 0 Å². The fourth-order valence-electron chi connectivity index (χ4n) is 2.11. The van der Waals surface area contributed by atoms with Gasteiger partial charge in [0.25, 0.3) is 0 Å². The summed E-state index contributed by atoms with van der Waals surface area (Å²) >= 11 is 0. The maximum atomic E-state index is 12.3. The number of carbonyl (C=O) groups is 2. The molecule has 0 saturated heterocycles. The minimum absolute atomic E-state index is 0.0524. The van der Waals surface area contributed by atoms with Crippen molar-refractivity contribution in [2.75, 3.05) is 0 Å². The Morgan fingerprint density at radius 1 is 1.23 bits per heavy atom. The standard InChI is InChI=1S/C14H14NO6P/c16-10-6-4-9(5-7-10)8-13(18)14-11(15-22(19,20)21)2-1-3-12(14)17/h1-7,14,16H,8H2,(H3,15,19,20,21). The highest BCUT2D eigenvalue weighted by Gasteiger charge is 2.33. The molecular formula is C14H14NO6P. The number of rotatable bonds is 5. The van der Waals surface area contributed by atoms with Crippen LogP contribution in [0.3, 0.4) is 0 Å². The smallest absolute Gasteiger partial charge is 0.427 e. The topological polar surface area (TPSA) is 124 Å². The first-order valence-electron chi connectivity index (χ1n) is 6.33. The Morgan fingerprint density at radius 3 is 2.45 bits per heavy atom. The predicted octanol–water partition coefficient (Wildman–Crippen LogP) is 0.825. The number of hydrogen-bond acceptors (Lipinski definition) is 4. The average molecular weight is 323 g/mol. The van der Waals surface area contributed by atoms with E-state index in [0.29, 0.717) is 5.56 Å². The zero-order chi connectivity index (χ0) is 16.3. The fourth-order valence-corrected chi connectivity index (χ4v) is 2.65. The van der Waals surface area contributed by atoms with Crippen molar-refractivity contribution in [2.45, 2.75) is 6.42 Å². The number of hydrogen-bond donors (Lipinski definition) is 4. The lowest BCUT2D eigenvalue weighted by Gasteiger charge is -2.21. The lowest BCUT2D eigenvalue weighted by Crippen LogP contribution is -2.33. The molecule has 116 valence electrons. The molecule has 4 N–H and O–H groups in total. The monoisotopic (exact) mass is 323 g/mol. The SMILES string of the molecule is O=C1C=CC=C(NP(=O)(O)O)C1C(=O)Cc1ccc(O)cc1. The molecule has 0 amide bonds. The molecule has 0 saturated carbocycles. The molecule has 1 aromatic carbocycles. The molecule has 1 atom stereocenters. The first kappa shape index (κ1) is 16.2. The van der Waals surface area contributed by atoms with Crippen molar-refractivity contribution in [1.29, 1.82) is 0 Å². The van der Waals surface area contributed by atoms with Crippen molar-refractivity contribution in [2.24, 2.45) is 5.92 Å². The molecule has 0 heterocycles. The molecule has 22 heavy (non-hydrogen) atoms. The fraction of sp³-hybridized carbons (Fsp3) is 0.143. The van der Waals surface area contributed by atoms with Gasteiger partial charge in [-0.05, 0) is 29.8 Å². The molecule has 1 aliphatic rings. The molecule has 0 fully saturated rings. The van der Waals surface area contributed by atoms with Crippen LogP contribution < -0.4 is 5.09 Å². The van der Waals surface area contributed by atoms with Gasteiger partial charge in [-0.3, -0.25) is 14.7 Å². The van der Waals surface area contributed by atoms with Crippen LogP contribution in [0.4, 0.5) is 0 Å². The molecule has 0 aromatic heterocycles. The van der Waals surface area contributed by atoms with Crippen molar-refractivity contribution >= 4 is 19.3 Å². The van der Waals surface area contributed by atoms with Gasteiger partial charge in [-0.15, -0.1) is 0 Å². The van der Waals surface area contributed by atoms with Gasteiger partial charge in [0, 0.05) is 12.1 Å². The van der Waals surface area contributed by atoms with E-state index < -0.39 is 25.2 Å². The zero-order valence-electron chi connectivity index (χ0n) is 11.3. The van der Waals surface area contributed by atoms with Crippen molar-refractivity contribution in [3.8, 4) is 5.75 Å². The maximum absolute atomic E-state index is 12.3. The molecule has 7 nitrogen and oxygen atoms in total. The third kappa shape index (κ3) is 4.14. The summed E-state index contributed by atoms with van der Waals surface area (Å²) in [6, 6.07) is 5.90. The molecule has 8 heteroatoms. The molecule has 1 aromatic rings. The summed E-state index contributed by atoms with van der Waals surface area (Å²) in [5.74, 6) is -2.25. The van der Waals surface area contributed by atoms with Crippen LogP contribution >= 0.6 is 7.75 Å². The van der Waals surface area contributed by atoms with Gasteiger partial charge in [-0.1, -0.05) is 18.2 Å². The molecule has 1 unspecified atom stereocenters. The van der Waals surface area contributed by atoms with E-state index in [9.17, 15) is 19.3 Å². The third-order valence-corrected chi connectivity index (χ3v) is 3.59. The van der Waals surface area contributed by atoms with Crippen molar-refractivity contribution in [1.82, 2.24) is 5.09 Å². The van der Waals surface area contributed by atoms with Crippen LogP contribution in [-0.4, -0.2) is 26.5 Å². The van der Waals surface area contributed by atoms with E-state index in [0.717, 1.165) is 0 Å². The Labute approximate surface area is 126 Å². The Kier molecular flexibility index (Phi) is 4.61. The number of ketones is 2. The first-order chi connectivity index (χ1) is 10.3. The summed E-state index contributed by atoms with van der Waals surface area (Å²) in [6.45, 7) is 0. The Bertz CT molecular complexity index is 701. The lowest BCUT2D eigenvalue weighted by molar-refractivity contribution is -0.128. The summed E-state index contributed by atoms with van der Waals surface area (Å²) in [6.07, 6.45) is 3.71. The number of carbonyl (C=O) groups excluding carboxylic acids is 2. The molecule has 0 radical (unpaired) electrons. The van der Waals surface area contributed by atoms with Crippen LogP contribution in [0.5, 0.6) is 5.75 Å². The van der Waals surface area contributed by atoms with E-state index in [2.05, 4.69) is 0 Å². The quantitative estimate of drug-likeness (QED) is 0.467. The second-order valence-electron chi connectivity index (χ2n) is 4.78. The van der Waals surface area contributed by atoms with Crippen LogP contribution in [0.1, 0.15) is 5.56 Å². The second kappa shape index (κ2) is 6.27. The first-order valence-corrected chi connectivity index (χ1v) is 7.94. The molecule has 1 aliphatic carbocycles. The third-order valence-electron chi connectivity index (χ3n) is 3.04. The minimum Gasteiger partial charge on any atom is -0.508 e. The van der Waals surface area contributed by atoms with E-state index in [1.54, 1.807) is 0 Å². The van der Waals surface area contributed by atoms with E-state index in [-0.39, 0.29) is 17.9 Å². The molecular weight excluding hydrogens is 309 g/mol. The van der Waals surface area contributed by atoms with Crippen LogP contribution in [0.25, 0.3) is 0 Å². The minimum atomic E-state index is -4.62. The van der Waals surface area contributed by atoms with E-state index >= 15 is 0 Å². The van der Waals surface area contributed by atoms with Gasteiger partial charge in [0.1, 0.15) is 11.7 Å². The lowest BCUT2D eigenvalue weighted by atomic mass is 9.88. The van der Waals surface area contributed by atoms with Crippen molar-refractivity contribution < 1.29 is 29.0 Å². The predicted molar refractivity (Wildman–Crippen MR) is 77.7 cm³/mol. The van der Waals surface area contributed by atoms with Gasteiger partial charge in [0.2, 0.25) is 0 Å². The highest BCUT2D eigenvalue weighted by Crippen LogP contribution is 2.33. The average Bonchev–Trinajstić information content (AvgIpc) is 2.39. The van der Waals surface area contributed by atoms with Gasteiger partial charge < -0.3 is 14.9 Å². The van der Waals surface area contributed by atoms with Crippen LogP contribution in [0, 0.1) is 5.92 Å². The highest BCUT2D eigenvalue weighted by molar-refractivity contribution is 7.49. The summed E-state index contributed by atoms with van der Waals surface area (Å²) < 4.78 is 11.0. The van der Waals surface area contributed by atoms with E-state index in [1.165, 1.54) is 42.5 Å². The van der Waals surface area contributed by atoms with Gasteiger partial charge in [-0.2, -0.15) is 0 Å². The van der Waals surface area contributed by atoms with Crippen molar-refractivity contribution in [3.05, 3.63) is 53.8 Å². The van der Waals surface area contributed by atoms with Crippen molar-refractivity contribution in [3.63, 3.8) is 0 Å². The second-order valence-corrected chi connectivity index (χ2v) is 6.09. The highest BCUT2D eigenvalue weighted by atomic mass is 31.2. The van der Waals surface area contributed by atoms with E-state index in [1.807, 2.05) is 5.09 Å². The number of phenols is 1. The number of allylic oxidation sites excluding steroid dienone is 4. The molecule has 2 rings (SSSR count). The van der Waals surface area contributed by atoms with E-state index in [4.69, 9.17) is 9.79 Å². The molecule has 0 aliphatic heterocycles. The van der Waals surface area contributed by atoms with Gasteiger partial charge in [-0.25, -0.2) is 4.57 Å². The number of Topliss-reactive ketones (excluding diaryl/α,β-unsaturated/α-hetero) is 1. The maximum Gasteiger partial charge on any atom is 0.427 e. The Balaban J connectivity index is 2.20. The Hall–Kier alpha value is -2.21.